The number of carbonyl (C=O) groups excluding carboxylic acids is 1. The average Bonchev–Trinajstić information content (AvgIpc) is 2.27. The molecule has 0 spiro atoms. The Balaban J connectivity index is 2.34. The van der Waals surface area contributed by atoms with Crippen molar-refractivity contribution in [3.8, 4) is 0 Å². The Morgan fingerprint density at radius 1 is 1.40 bits per heavy atom. The highest BCUT2D eigenvalue weighted by molar-refractivity contribution is 5.75. The Kier molecular flexibility index (Phi) is 4.84. The fourth-order valence-corrected chi connectivity index (χ4v) is 1.33. The number of carbonyl (C=O) groups is 1. The number of hydrogen-bond donors (Lipinski definition) is 1. The van der Waals surface area contributed by atoms with Crippen LogP contribution in [0.4, 0.5) is 0 Å². The van der Waals surface area contributed by atoms with Crippen molar-refractivity contribution >= 4 is 5.97 Å². The fraction of sp³-hybridized carbons (Fsp3) is 0.417. The SMILES string of the molecule is CCOC(=O)C([15NH2])CCc1ccccc1. The van der Waals surface area contributed by atoms with Crippen LogP contribution >= 0.6 is 0 Å². The lowest BCUT2D eigenvalue weighted by molar-refractivity contribution is -0.144. The third-order valence-electron chi connectivity index (χ3n) is 2.18. The van der Waals surface area contributed by atoms with Gasteiger partial charge in [0.25, 0.3) is 0 Å². The monoisotopic (exact) mass is 208 g/mol. The van der Waals surface area contributed by atoms with Crippen LogP contribution in [0.2, 0.25) is 0 Å². The third kappa shape index (κ3) is 4.13. The molecule has 1 aromatic carbocycles. The molecule has 2 N–H and O–H groups in total. The molecule has 0 saturated heterocycles. The topological polar surface area (TPSA) is 52.3 Å². The van der Waals surface area contributed by atoms with Crippen molar-refractivity contribution < 1.29 is 9.53 Å². The van der Waals surface area contributed by atoms with Gasteiger partial charge >= 0.3 is 5.97 Å². The minimum atomic E-state index is -0.509. The summed E-state index contributed by atoms with van der Waals surface area (Å²) in [4.78, 5) is 11.2. The molecule has 0 fully saturated rings. The quantitative estimate of drug-likeness (QED) is 0.589. The first-order valence-corrected chi connectivity index (χ1v) is 5.20. The Morgan fingerprint density at radius 3 is 2.67 bits per heavy atom. The fourth-order valence-electron chi connectivity index (χ4n) is 1.33. The highest BCUT2D eigenvalue weighted by Gasteiger charge is 2.13. The summed E-state index contributed by atoms with van der Waals surface area (Å²) in [5.41, 5.74) is 6.87. The first-order chi connectivity index (χ1) is 7.24. The van der Waals surface area contributed by atoms with Crippen molar-refractivity contribution in [2.24, 2.45) is 5.73 Å². The maximum Gasteiger partial charge on any atom is 0.322 e. The van der Waals surface area contributed by atoms with E-state index in [9.17, 15) is 4.79 Å². The maximum absolute atomic E-state index is 11.2. The Morgan fingerprint density at radius 2 is 2.07 bits per heavy atom. The van der Waals surface area contributed by atoms with Gasteiger partial charge in [-0.15, -0.1) is 0 Å². The van der Waals surface area contributed by atoms with Gasteiger partial charge in [0.05, 0.1) is 6.61 Å². The number of hydrogen-bond acceptors (Lipinski definition) is 3. The summed E-state index contributed by atoms with van der Waals surface area (Å²) in [6.07, 6.45) is 1.43. The van der Waals surface area contributed by atoms with E-state index in [1.165, 1.54) is 5.56 Å². The average molecular weight is 208 g/mol. The number of nitrogens with two attached hydrogens (primary N) is 1. The normalized spacial score (nSPS) is 12.1. The zero-order valence-corrected chi connectivity index (χ0v) is 8.98. The van der Waals surface area contributed by atoms with E-state index in [-0.39, 0.29) is 5.97 Å². The molecular weight excluding hydrogens is 191 g/mol. The van der Waals surface area contributed by atoms with Crippen LogP contribution in [-0.4, -0.2) is 18.6 Å². The minimum Gasteiger partial charge on any atom is -0.465 e. The molecule has 15 heavy (non-hydrogen) atoms. The summed E-state index contributed by atoms with van der Waals surface area (Å²) in [5.74, 6) is -0.312. The number of aryl methyl sites for hydroxylation is 1. The second-order valence-corrected chi connectivity index (χ2v) is 3.38. The summed E-state index contributed by atoms with van der Waals surface area (Å²) >= 11 is 0. The van der Waals surface area contributed by atoms with Crippen LogP contribution in [0.3, 0.4) is 0 Å². The van der Waals surface area contributed by atoms with Crippen LogP contribution in [0, 0.1) is 0 Å². The molecule has 0 aromatic heterocycles. The molecule has 0 radical (unpaired) electrons. The molecule has 1 unspecified atom stereocenters. The Hall–Kier alpha value is -1.35. The molecule has 1 rings (SSSR count). The molecule has 0 aliphatic heterocycles. The van der Waals surface area contributed by atoms with Gasteiger partial charge in [0.1, 0.15) is 6.04 Å². The highest BCUT2D eigenvalue weighted by Crippen LogP contribution is 2.04. The van der Waals surface area contributed by atoms with Crippen LogP contribution in [0.25, 0.3) is 0 Å². The van der Waals surface area contributed by atoms with Crippen LogP contribution in [0.5, 0.6) is 0 Å². The Bertz CT molecular complexity index is 298. The highest BCUT2D eigenvalue weighted by atomic mass is 16.5. The van der Waals surface area contributed by atoms with E-state index in [0.29, 0.717) is 13.0 Å². The number of rotatable bonds is 5. The van der Waals surface area contributed by atoms with Gasteiger partial charge in [0.15, 0.2) is 0 Å². The van der Waals surface area contributed by atoms with Crippen LogP contribution in [-0.2, 0) is 16.0 Å². The van der Waals surface area contributed by atoms with Crippen molar-refractivity contribution in [2.45, 2.75) is 25.8 Å². The molecule has 0 saturated carbocycles. The summed E-state index contributed by atoms with van der Waals surface area (Å²) < 4.78 is 4.83. The Labute approximate surface area is 90.2 Å². The van der Waals surface area contributed by atoms with Crippen molar-refractivity contribution in [3.05, 3.63) is 35.9 Å². The van der Waals surface area contributed by atoms with Gasteiger partial charge in [-0.05, 0) is 25.3 Å². The van der Waals surface area contributed by atoms with Gasteiger partial charge in [-0.1, -0.05) is 30.3 Å². The second kappa shape index (κ2) is 6.19. The standard InChI is InChI=1S/C12H17NO2/c1-2-15-12(14)11(13)9-8-10-6-4-3-5-7-10/h3-7,11H,2,8-9,13H2,1H3/i13+1. The van der Waals surface area contributed by atoms with Gasteiger partial charge in [0, 0.05) is 0 Å². The molecule has 0 heterocycles. The van der Waals surface area contributed by atoms with E-state index in [0.717, 1.165) is 6.42 Å². The van der Waals surface area contributed by atoms with E-state index in [2.05, 4.69) is 0 Å². The lowest BCUT2D eigenvalue weighted by Crippen LogP contribution is -2.32. The summed E-state index contributed by atoms with van der Waals surface area (Å²) in [6.45, 7) is 2.17. The number of esters is 1. The van der Waals surface area contributed by atoms with Crippen LogP contribution < -0.4 is 5.73 Å². The lowest BCUT2D eigenvalue weighted by atomic mass is 10.1. The first-order valence-electron chi connectivity index (χ1n) is 5.20. The number of benzene rings is 1. The van der Waals surface area contributed by atoms with Crippen LogP contribution in [0.1, 0.15) is 18.9 Å². The molecule has 0 aliphatic carbocycles. The predicted octanol–water partition coefficient (Wildman–Crippen LogP) is 1.51. The van der Waals surface area contributed by atoms with E-state index in [1.54, 1.807) is 6.92 Å². The molecule has 3 heteroatoms. The molecular formula is C12H17NO2. The van der Waals surface area contributed by atoms with Crippen LogP contribution in [0.15, 0.2) is 30.3 Å². The molecule has 0 aliphatic rings. The lowest BCUT2D eigenvalue weighted by Gasteiger charge is -2.09. The van der Waals surface area contributed by atoms with Gasteiger partial charge in [-0.25, -0.2) is 0 Å². The summed E-state index contributed by atoms with van der Waals surface area (Å²) in [6, 6.07) is 9.46. The van der Waals surface area contributed by atoms with E-state index in [4.69, 9.17) is 10.5 Å². The second-order valence-electron chi connectivity index (χ2n) is 3.38. The van der Waals surface area contributed by atoms with Gasteiger partial charge in [-0.3, -0.25) is 4.79 Å². The zero-order chi connectivity index (χ0) is 11.1. The van der Waals surface area contributed by atoms with E-state index >= 15 is 0 Å². The number of ether oxygens (including phenoxy) is 1. The summed E-state index contributed by atoms with van der Waals surface area (Å²) in [7, 11) is 0. The summed E-state index contributed by atoms with van der Waals surface area (Å²) in [5, 5.41) is 0. The minimum absolute atomic E-state index is 0.312. The smallest absolute Gasteiger partial charge is 0.322 e. The molecule has 1 aromatic rings. The predicted molar refractivity (Wildman–Crippen MR) is 59.4 cm³/mol. The largest absolute Gasteiger partial charge is 0.465 e. The maximum atomic E-state index is 11.2. The van der Waals surface area contributed by atoms with E-state index < -0.39 is 6.04 Å². The van der Waals surface area contributed by atoms with Gasteiger partial charge in [0.2, 0.25) is 0 Å². The van der Waals surface area contributed by atoms with E-state index in [1.807, 2.05) is 30.3 Å². The third-order valence-corrected chi connectivity index (χ3v) is 2.18. The van der Waals surface area contributed by atoms with Crippen molar-refractivity contribution in [1.82, 2.24) is 0 Å². The van der Waals surface area contributed by atoms with Gasteiger partial charge < -0.3 is 10.5 Å². The molecule has 82 valence electrons. The molecule has 0 bridgehead atoms. The molecule has 3 nitrogen and oxygen atoms in total. The molecule has 1 atom stereocenters. The molecule has 0 amide bonds. The first kappa shape index (κ1) is 11.7. The van der Waals surface area contributed by atoms with Gasteiger partial charge in [-0.2, -0.15) is 0 Å². The van der Waals surface area contributed by atoms with Crippen molar-refractivity contribution in [3.63, 3.8) is 0 Å². The van der Waals surface area contributed by atoms with Crippen molar-refractivity contribution in [1.29, 1.82) is 0 Å². The zero-order valence-electron chi connectivity index (χ0n) is 8.98. The van der Waals surface area contributed by atoms with Crippen molar-refractivity contribution in [2.75, 3.05) is 6.61 Å².